The third-order valence-corrected chi connectivity index (χ3v) is 2.66. The van der Waals surface area contributed by atoms with Crippen molar-refractivity contribution >= 4 is 17.2 Å². The van der Waals surface area contributed by atoms with Crippen molar-refractivity contribution in [2.24, 2.45) is 0 Å². The number of anilines is 1. The molecule has 0 spiro atoms. The zero-order chi connectivity index (χ0) is 9.97. The van der Waals surface area contributed by atoms with Crippen LogP contribution < -0.4 is 5.73 Å². The second-order valence-corrected chi connectivity index (χ2v) is 3.62. The van der Waals surface area contributed by atoms with Gasteiger partial charge in [0.25, 0.3) is 0 Å². The van der Waals surface area contributed by atoms with Crippen molar-refractivity contribution in [1.82, 2.24) is 14.8 Å². The van der Waals surface area contributed by atoms with E-state index in [1.807, 2.05) is 5.38 Å². The number of hydrogen-bond donors (Lipinski definition) is 2. The Morgan fingerprint density at radius 2 is 2.43 bits per heavy atom. The Morgan fingerprint density at radius 1 is 1.57 bits per heavy atom. The summed E-state index contributed by atoms with van der Waals surface area (Å²) in [6, 6.07) is 0. The molecule has 0 bridgehead atoms. The molecule has 2 aromatic heterocycles. The number of nitrogens with zero attached hydrogens (tertiary/aromatic N) is 3. The molecule has 3 N–H and O–H groups in total. The zero-order valence-electron chi connectivity index (χ0n) is 7.42. The van der Waals surface area contributed by atoms with Crippen molar-refractivity contribution in [1.29, 1.82) is 0 Å². The van der Waals surface area contributed by atoms with Gasteiger partial charge in [-0.15, -0.1) is 11.3 Å². The standard InChI is InChI=1S/C8H10N4OS/c9-7-6(8-10-1-4-14-8)5-11-12(7)2-3-13/h1,4-5,13H,2-3,9H2. The van der Waals surface area contributed by atoms with E-state index in [1.165, 1.54) is 11.3 Å². The van der Waals surface area contributed by atoms with Gasteiger partial charge in [-0.2, -0.15) is 5.10 Å². The minimum absolute atomic E-state index is 0.0309. The number of aliphatic hydroxyl groups is 1. The summed E-state index contributed by atoms with van der Waals surface area (Å²) in [5.74, 6) is 0.550. The molecule has 2 rings (SSSR count). The van der Waals surface area contributed by atoms with E-state index in [0.29, 0.717) is 12.4 Å². The maximum Gasteiger partial charge on any atom is 0.132 e. The van der Waals surface area contributed by atoms with E-state index in [0.717, 1.165) is 10.6 Å². The first-order valence-electron chi connectivity index (χ1n) is 4.15. The lowest BCUT2D eigenvalue weighted by Gasteiger charge is -2.00. The highest BCUT2D eigenvalue weighted by Gasteiger charge is 2.10. The molecule has 0 atom stereocenters. The average Bonchev–Trinajstić information content (AvgIpc) is 2.77. The summed E-state index contributed by atoms with van der Waals surface area (Å²) in [7, 11) is 0. The summed E-state index contributed by atoms with van der Waals surface area (Å²) in [6.07, 6.45) is 3.40. The second-order valence-electron chi connectivity index (χ2n) is 2.73. The molecule has 74 valence electrons. The summed E-state index contributed by atoms with van der Waals surface area (Å²) in [5.41, 5.74) is 6.66. The SMILES string of the molecule is Nc1c(-c2nccs2)cnn1CCO. The Hall–Kier alpha value is -1.40. The van der Waals surface area contributed by atoms with Crippen molar-refractivity contribution in [2.45, 2.75) is 6.54 Å². The lowest BCUT2D eigenvalue weighted by atomic mass is 10.3. The van der Waals surface area contributed by atoms with Gasteiger partial charge in [0, 0.05) is 11.6 Å². The van der Waals surface area contributed by atoms with Crippen LogP contribution in [0.25, 0.3) is 10.6 Å². The van der Waals surface area contributed by atoms with Crippen LogP contribution >= 0.6 is 11.3 Å². The second kappa shape index (κ2) is 3.77. The molecule has 0 aliphatic heterocycles. The summed E-state index contributed by atoms with van der Waals surface area (Å²) in [4.78, 5) is 4.14. The number of rotatable bonds is 3. The number of hydrogen-bond acceptors (Lipinski definition) is 5. The molecule has 2 heterocycles. The predicted molar refractivity (Wildman–Crippen MR) is 54.8 cm³/mol. The van der Waals surface area contributed by atoms with E-state index in [9.17, 15) is 0 Å². The van der Waals surface area contributed by atoms with E-state index >= 15 is 0 Å². The Labute approximate surface area is 84.8 Å². The molecule has 5 nitrogen and oxygen atoms in total. The van der Waals surface area contributed by atoms with E-state index in [4.69, 9.17) is 10.8 Å². The fourth-order valence-corrected chi connectivity index (χ4v) is 1.85. The van der Waals surface area contributed by atoms with Crippen molar-refractivity contribution in [3.8, 4) is 10.6 Å². The molecule has 14 heavy (non-hydrogen) atoms. The Balaban J connectivity index is 2.36. The van der Waals surface area contributed by atoms with Crippen LogP contribution in [0.2, 0.25) is 0 Å². The number of aliphatic hydroxyl groups excluding tert-OH is 1. The van der Waals surface area contributed by atoms with Crippen molar-refractivity contribution in [3.05, 3.63) is 17.8 Å². The lowest BCUT2D eigenvalue weighted by Crippen LogP contribution is -2.07. The van der Waals surface area contributed by atoms with E-state index in [2.05, 4.69) is 10.1 Å². The van der Waals surface area contributed by atoms with Gasteiger partial charge in [0.05, 0.1) is 24.9 Å². The molecule has 0 amide bonds. The normalized spacial score (nSPS) is 10.6. The van der Waals surface area contributed by atoms with Crippen LogP contribution in [0, 0.1) is 0 Å². The van der Waals surface area contributed by atoms with Crippen molar-refractivity contribution in [3.63, 3.8) is 0 Å². The van der Waals surface area contributed by atoms with E-state index in [1.54, 1.807) is 17.1 Å². The lowest BCUT2D eigenvalue weighted by molar-refractivity contribution is 0.270. The van der Waals surface area contributed by atoms with Crippen LogP contribution in [0.3, 0.4) is 0 Å². The van der Waals surface area contributed by atoms with Gasteiger partial charge in [-0.1, -0.05) is 0 Å². The quantitative estimate of drug-likeness (QED) is 0.777. The highest BCUT2D eigenvalue weighted by atomic mass is 32.1. The first-order chi connectivity index (χ1) is 6.83. The largest absolute Gasteiger partial charge is 0.394 e. The van der Waals surface area contributed by atoms with Crippen LogP contribution in [-0.2, 0) is 6.54 Å². The molecule has 0 saturated carbocycles. The molecular formula is C8H10N4OS. The summed E-state index contributed by atoms with van der Waals surface area (Å²) in [5, 5.41) is 15.6. The number of nitrogen functional groups attached to an aromatic ring is 1. The zero-order valence-corrected chi connectivity index (χ0v) is 8.24. The van der Waals surface area contributed by atoms with Crippen molar-refractivity contribution < 1.29 is 5.11 Å². The van der Waals surface area contributed by atoms with E-state index in [-0.39, 0.29) is 6.61 Å². The fourth-order valence-electron chi connectivity index (χ4n) is 1.19. The Morgan fingerprint density at radius 3 is 3.07 bits per heavy atom. The highest BCUT2D eigenvalue weighted by Crippen LogP contribution is 2.26. The molecular weight excluding hydrogens is 200 g/mol. The first-order valence-corrected chi connectivity index (χ1v) is 5.03. The molecule has 0 aliphatic rings. The molecule has 2 aromatic rings. The minimum atomic E-state index is 0.0309. The Kier molecular flexibility index (Phi) is 2.47. The van der Waals surface area contributed by atoms with Gasteiger partial charge in [-0.05, 0) is 0 Å². The monoisotopic (exact) mass is 210 g/mol. The molecule has 0 radical (unpaired) electrons. The minimum Gasteiger partial charge on any atom is -0.394 e. The van der Waals surface area contributed by atoms with Gasteiger partial charge < -0.3 is 10.8 Å². The summed E-state index contributed by atoms with van der Waals surface area (Å²) < 4.78 is 1.57. The maximum absolute atomic E-state index is 8.75. The molecule has 0 aromatic carbocycles. The predicted octanol–water partition coefficient (Wildman–Crippen LogP) is 0.581. The molecule has 0 fully saturated rings. The highest BCUT2D eigenvalue weighted by molar-refractivity contribution is 7.13. The third kappa shape index (κ3) is 1.49. The first kappa shape index (κ1) is 9.17. The number of thiazole rings is 1. The van der Waals surface area contributed by atoms with Gasteiger partial charge in [-0.25, -0.2) is 9.67 Å². The summed E-state index contributed by atoms with van der Waals surface area (Å²) >= 11 is 1.51. The fraction of sp³-hybridized carbons (Fsp3) is 0.250. The number of aromatic nitrogens is 3. The van der Waals surface area contributed by atoms with Gasteiger partial charge in [0.1, 0.15) is 10.8 Å². The topological polar surface area (TPSA) is 77.0 Å². The van der Waals surface area contributed by atoms with Gasteiger partial charge >= 0.3 is 0 Å². The Bertz CT molecular complexity index is 409. The smallest absolute Gasteiger partial charge is 0.132 e. The van der Waals surface area contributed by atoms with Crippen LogP contribution in [0.4, 0.5) is 5.82 Å². The molecule has 0 aliphatic carbocycles. The molecule has 0 saturated heterocycles. The van der Waals surface area contributed by atoms with Gasteiger partial charge in [-0.3, -0.25) is 0 Å². The van der Waals surface area contributed by atoms with Crippen LogP contribution in [0.1, 0.15) is 0 Å². The van der Waals surface area contributed by atoms with Crippen LogP contribution in [0.5, 0.6) is 0 Å². The third-order valence-electron chi connectivity index (χ3n) is 1.85. The molecule has 0 unspecified atom stereocenters. The van der Waals surface area contributed by atoms with Gasteiger partial charge in [0.15, 0.2) is 0 Å². The number of nitrogens with two attached hydrogens (primary N) is 1. The average molecular weight is 210 g/mol. The van der Waals surface area contributed by atoms with Gasteiger partial charge in [0.2, 0.25) is 0 Å². The van der Waals surface area contributed by atoms with Crippen molar-refractivity contribution in [2.75, 3.05) is 12.3 Å². The molecule has 6 heteroatoms. The summed E-state index contributed by atoms with van der Waals surface area (Å²) in [6.45, 7) is 0.445. The van der Waals surface area contributed by atoms with Crippen LogP contribution in [0.15, 0.2) is 17.8 Å². The maximum atomic E-state index is 8.75. The van der Waals surface area contributed by atoms with Crippen LogP contribution in [-0.4, -0.2) is 26.5 Å². The van der Waals surface area contributed by atoms with E-state index < -0.39 is 0 Å².